The van der Waals surface area contributed by atoms with Crippen LogP contribution in [-0.4, -0.2) is 44.0 Å². The molecule has 1 atom stereocenters. The van der Waals surface area contributed by atoms with Gasteiger partial charge in [0.25, 0.3) is 5.91 Å². The zero-order valence-corrected chi connectivity index (χ0v) is 21.8. The smallest absolute Gasteiger partial charge is 0.346 e. The average Bonchev–Trinajstić information content (AvgIpc) is 3.23. The van der Waals surface area contributed by atoms with Crippen molar-refractivity contribution in [2.75, 3.05) is 13.6 Å². The third-order valence-electron chi connectivity index (χ3n) is 7.57. The fraction of sp³-hybridized carbons (Fsp3) is 0.538. The summed E-state index contributed by atoms with van der Waals surface area (Å²) in [6.45, 7) is 3.70. The zero-order chi connectivity index (χ0) is 26.8. The van der Waals surface area contributed by atoms with Crippen molar-refractivity contribution in [2.45, 2.75) is 69.2 Å². The van der Waals surface area contributed by atoms with Gasteiger partial charge in [-0.15, -0.1) is 0 Å². The SMILES string of the molecule is CC[C@@H]1c2ccc(C(=O)NCc3ccc(S(=O)(=O)NC)cn3)cc2CN1CC1CCC(C(F)(F)F)CC1. The van der Waals surface area contributed by atoms with Crippen LogP contribution in [0.1, 0.15) is 72.2 Å². The van der Waals surface area contributed by atoms with Crippen molar-refractivity contribution < 1.29 is 26.4 Å². The van der Waals surface area contributed by atoms with Crippen molar-refractivity contribution in [3.8, 4) is 0 Å². The van der Waals surface area contributed by atoms with Crippen LogP contribution in [0.15, 0.2) is 41.4 Å². The third kappa shape index (κ3) is 6.32. The first-order valence-electron chi connectivity index (χ1n) is 12.6. The summed E-state index contributed by atoms with van der Waals surface area (Å²) in [7, 11) is -2.25. The Labute approximate surface area is 215 Å². The number of halogens is 3. The normalized spacial score (nSPS) is 22.6. The predicted molar refractivity (Wildman–Crippen MR) is 133 cm³/mol. The monoisotopic (exact) mass is 538 g/mol. The molecule has 1 aromatic carbocycles. The molecule has 0 spiro atoms. The summed E-state index contributed by atoms with van der Waals surface area (Å²) in [5.41, 5.74) is 3.30. The molecule has 1 aliphatic carbocycles. The van der Waals surface area contributed by atoms with Crippen LogP contribution in [0, 0.1) is 11.8 Å². The van der Waals surface area contributed by atoms with E-state index >= 15 is 0 Å². The van der Waals surface area contributed by atoms with Crippen LogP contribution < -0.4 is 10.0 Å². The van der Waals surface area contributed by atoms with Gasteiger partial charge in [-0.1, -0.05) is 13.0 Å². The number of sulfonamides is 1. The van der Waals surface area contributed by atoms with Gasteiger partial charge >= 0.3 is 6.18 Å². The van der Waals surface area contributed by atoms with Crippen LogP contribution >= 0.6 is 0 Å². The van der Waals surface area contributed by atoms with Crippen molar-refractivity contribution >= 4 is 15.9 Å². The Morgan fingerprint density at radius 2 is 1.86 bits per heavy atom. The van der Waals surface area contributed by atoms with E-state index < -0.39 is 22.1 Å². The predicted octanol–water partition coefficient (Wildman–Crippen LogP) is 4.56. The number of carbonyl (C=O) groups excluding carboxylic acids is 1. The highest BCUT2D eigenvalue weighted by atomic mass is 32.2. The number of rotatable bonds is 8. The van der Waals surface area contributed by atoms with E-state index in [4.69, 9.17) is 0 Å². The Bertz CT molecular complexity index is 1210. The summed E-state index contributed by atoms with van der Waals surface area (Å²) in [5.74, 6) is -1.17. The first-order chi connectivity index (χ1) is 17.5. The lowest BCUT2D eigenvalue weighted by molar-refractivity contribution is -0.184. The molecule has 0 unspecified atom stereocenters. The standard InChI is InChI=1S/C26H33F3N4O3S/c1-3-24-23-11-6-18(25(34)32-13-21-9-10-22(14-31-21)37(35,36)30-2)12-19(23)16-33(24)15-17-4-7-20(8-5-17)26(27,28)29/h6,9-12,14,17,20,24,30H,3-5,7-8,13,15-16H2,1-2H3,(H,32,34)/t17?,20?,24-/m1/s1. The number of carbonyl (C=O) groups is 1. The van der Waals surface area contributed by atoms with E-state index in [1.807, 2.05) is 12.1 Å². The van der Waals surface area contributed by atoms with E-state index in [0.717, 1.165) is 18.5 Å². The highest BCUT2D eigenvalue weighted by Crippen LogP contribution is 2.42. The summed E-state index contributed by atoms with van der Waals surface area (Å²) in [6.07, 6.45) is -0.352. The van der Waals surface area contributed by atoms with Crippen LogP contribution in [0.25, 0.3) is 0 Å². The quantitative estimate of drug-likeness (QED) is 0.515. The number of alkyl halides is 3. The maximum absolute atomic E-state index is 13.0. The Balaban J connectivity index is 1.35. The lowest BCUT2D eigenvalue weighted by Crippen LogP contribution is -2.33. The van der Waals surface area contributed by atoms with E-state index in [2.05, 4.69) is 26.8 Å². The Morgan fingerprint density at radius 3 is 2.46 bits per heavy atom. The molecule has 7 nitrogen and oxygen atoms in total. The Hall–Kier alpha value is -2.50. The van der Waals surface area contributed by atoms with Crippen molar-refractivity contribution in [3.63, 3.8) is 0 Å². The Kier molecular flexibility index (Phi) is 8.25. The van der Waals surface area contributed by atoms with Gasteiger partial charge in [0, 0.05) is 30.9 Å². The van der Waals surface area contributed by atoms with Crippen molar-refractivity contribution in [3.05, 3.63) is 58.9 Å². The van der Waals surface area contributed by atoms with Crippen LogP contribution in [0.4, 0.5) is 13.2 Å². The first-order valence-corrected chi connectivity index (χ1v) is 14.1. The van der Waals surface area contributed by atoms with Crippen molar-refractivity contribution in [1.29, 1.82) is 0 Å². The summed E-state index contributed by atoms with van der Waals surface area (Å²) in [6, 6.07) is 8.86. The number of hydrogen-bond acceptors (Lipinski definition) is 5. The van der Waals surface area contributed by atoms with Gasteiger partial charge < -0.3 is 5.32 Å². The molecule has 0 saturated heterocycles. The van der Waals surface area contributed by atoms with Gasteiger partial charge in [0.15, 0.2) is 0 Å². The van der Waals surface area contributed by atoms with Gasteiger partial charge in [0.1, 0.15) is 4.90 Å². The zero-order valence-electron chi connectivity index (χ0n) is 21.0. The number of nitrogens with zero attached hydrogens (tertiary/aromatic N) is 2. The van der Waals surface area contributed by atoms with E-state index in [1.165, 1.54) is 24.9 Å². The summed E-state index contributed by atoms with van der Waals surface area (Å²) in [4.78, 5) is 19.3. The molecule has 11 heteroatoms. The molecule has 1 aliphatic heterocycles. The summed E-state index contributed by atoms with van der Waals surface area (Å²) < 4.78 is 64.9. The van der Waals surface area contributed by atoms with Crippen molar-refractivity contribution in [1.82, 2.24) is 19.9 Å². The largest absolute Gasteiger partial charge is 0.391 e. The van der Waals surface area contributed by atoms with Gasteiger partial charge in [0.2, 0.25) is 10.0 Å². The number of pyridine rings is 1. The third-order valence-corrected chi connectivity index (χ3v) is 8.97. The number of nitrogens with one attached hydrogen (secondary N) is 2. The van der Waals surface area contributed by atoms with Gasteiger partial charge in [0.05, 0.1) is 18.2 Å². The maximum atomic E-state index is 13.0. The van der Waals surface area contributed by atoms with Crippen molar-refractivity contribution in [2.24, 2.45) is 11.8 Å². The van der Waals surface area contributed by atoms with E-state index in [-0.39, 0.29) is 42.1 Å². The second kappa shape index (κ2) is 11.1. The second-order valence-electron chi connectivity index (χ2n) is 9.90. The summed E-state index contributed by atoms with van der Waals surface area (Å²) in [5, 5.41) is 2.82. The molecule has 1 aromatic heterocycles. The molecule has 2 heterocycles. The highest BCUT2D eigenvalue weighted by Gasteiger charge is 2.42. The molecule has 0 radical (unpaired) electrons. The van der Waals surface area contributed by atoms with E-state index in [1.54, 1.807) is 12.1 Å². The van der Waals surface area contributed by atoms with Gasteiger partial charge in [-0.3, -0.25) is 14.7 Å². The van der Waals surface area contributed by atoms with Crippen LogP contribution in [0.5, 0.6) is 0 Å². The van der Waals surface area contributed by atoms with Gasteiger partial charge in [-0.2, -0.15) is 13.2 Å². The molecule has 2 N–H and O–H groups in total. The average molecular weight is 539 g/mol. The fourth-order valence-electron chi connectivity index (χ4n) is 5.47. The second-order valence-corrected chi connectivity index (χ2v) is 11.8. The highest BCUT2D eigenvalue weighted by molar-refractivity contribution is 7.89. The number of amides is 1. The minimum absolute atomic E-state index is 0.0483. The fourth-order valence-corrected chi connectivity index (χ4v) is 6.15. The lowest BCUT2D eigenvalue weighted by atomic mass is 9.81. The minimum Gasteiger partial charge on any atom is -0.346 e. The van der Waals surface area contributed by atoms with E-state index in [0.29, 0.717) is 30.6 Å². The molecule has 2 aromatic rings. The molecule has 0 bridgehead atoms. The first kappa shape index (κ1) is 27.5. The molecule has 1 fully saturated rings. The minimum atomic E-state index is -4.09. The molecule has 37 heavy (non-hydrogen) atoms. The van der Waals surface area contributed by atoms with Gasteiger partial charge in [-0.05, 0) is 80.5 Å². The number of benzene rings is 1. The lowest BCUT2D eigenvalue weighted by Gasteiger charge is -2.34. The summed E-state index contributed by atoms with van der Waals surface area (Å²) >= 11 is 0. The van der Waals surface area contributed by atoms with Crippen LogP contribution in [0.2, 0.25) is 0 Å². The number of fused-ring (bicyclic) bond motifs is 1. The molecule has 1 amide bonds. The molecular formula is C26H33F3N4O3S. The van der Waals surface area contributed by atoms with Crippen LogP contribution in [0.3, 0.4) is 0 Å². The van der Waals surface area contributed by atoms with Crippen LogP contribution in [-0.2, 0) is 23.1 Å². The molecule has 202 valence electrons. The topological polar surface area (TPSA) is 91.4 Å². The molecular weight excluding hydrogens is 505 g/mol. The maximum Gasteiger partial charge on any atom is 0.391 e. The van der Waals surface area contributed by atoms with E-state index in [9.17, 15) is 26.4 Å². The number of hydrogen-bond donors (Lipinski definition) is 2. The Morgan fingerprint density at radius 1 is 1.14 bits per heavy atom. The molecule has 4 rings (SSSR count). The molecule has 1 saturated carbocycles. The number of aromatic nitrogens is 1. The molecule has 2 aliphatic rings. The van der Waals surface area contributed by atoms with Gasteiger partial charge in [-0.25, -0.2) is 13.1 Å².